The normalized spacial score (nSPS) is 12.7. The Balaban J connectivity index is 1.69. The Kier molecular flexibility index (Phi) is 4.66. The van der Waals surface area contributed by atoms with Gasteiger partial charge in [0.25, 0.3) is 0 Å². The Hall–Kier alpha value is -3.79. The second-order valence-electron chi connectivity index (χ2n) is 7.03. The second kappa shape index (κ2) is 7.41. The quantitative estimate of drug-likeness (QED) is 0.354. The minimum absolute atomic E-state index is 0.0282. The van der Waals surface area contributed by atoms with Crippen molar-refractivity contribution >= 4 is 22.4 Å². The van der Waals surface area contributed by atoms with E-state index in [0.29, 0.717) is 28.2 Å². The molecule has 32 heavy (non-hydrogen) atoms. The third kappa shape index (κ3) is 3.38. The molecule has 0 amide bonds. The monoisotopic (exact) mass is 442 g/mol. The van der Waals surface area contributed by atoms with E-state index in [-0.39, 0.29) is 29.4 Å². The van der Waals surface area contributed by atoms with Crippen LogP contribution in [-0.2, 0) is 17.5 Å². The topological polar surface area (TPSA) is 69.2 Å². The average molecular weight is 442 g/mol. The van der Waals surface area contributed by atoms with Gasteiger partial charge >= 0.3 is 6.18 Å². The van der Waals surface area contributed by atoms with E-state index in [9.17, 15) is 17.6 Å². The minimum atomic E-state index is -4.58. The highest BCUT2D eigenvalue weighted by atomic mass is 19.4. The van der Waals surface area contributed by atoms with Crippen LogP contribution in [-0.4, -0.2) is 22.1 Å². The number of ether oxygens (including phenoxy) is 2. The number of hydrogen-bond acceptors (Lipinski definition) is 6. The maximum absolute atomic E-state index is 13.7. The van der Waals surface area contributed by atoms with Crippen molar-refractivity contribution in [2.45, 2.75) is 12.8 Å². The van der Waals surface area contributed by atoms with Crippen molar-refractivity contribution in [3.63, 3.8) is 0 Å². The Bertz CT molecular complexity index is 1360. The van der Waals surface area contributed by atoms with Gasteiger partial charge in [0.1, 0.15) is 17.2 Å². The highest BCUT2D eigenvalue weighted by Gasteiger charge is 2.35. The number of hydrogen-bond donors (Lipinski definition) is 1. The van der Waals surface area contributed by atoms with Crippen LogP contribution >= 0.6 is 0 Å². The summed E-state index contributed by atoms with van der Waals surface area (Å²) in [6, 6.07) is 9.28. The van der Waals surface area contributed by atoms with Gasteiger partial charge in [-0.15, -0.1) is 0 Å². The molecule has 4 heterocycles. The first-order valence-corrected chi connectivity index (χ1v) is 9.44. The van der Waals surface area contributed by atoms with Gasteiger partial charge in [0, 0.05) is 24.8 Å². The molecule has 1 N–H and O–H groups in total. The molecule has 0 bridgehead atoms. The molecule has 1 aliphatic heterocycles. The molecule has 10 heteroatoms. The number of pyridine rings is 3. The van der Waals surface area contributed by atoms with Crippen molar-refractivity contribution < 1.29 is 27.0 Å². The zero-order chi connectivity index (χ0) is 22.5. The van der Waals surface area contributed by atoms with Crippen LogP contribution in [0.25, 0.3) is 22.4 Å². The van der Waals surface area contributed by atoms with Crippen LogP contribution in [0.4, 0.5) is 28.9 Å². The number of fused-ring (bicyclic) bond motifs is 4. The lowest BCUT2D eigenvalue weighted by atomic mass is 10.1. The highest BCUT2D eigenvalue weighted by Crippen LogP contribution is 2.47. The Morgan fingerprint density at radius 2 is 1.94 bits per heavy atom. The minimum Gasteiger partial charge on any atom is -0.451 e. The molecule has 0 fully saturated rings. The van der Waals surface area contributed by atoms with Crippen LogP contribution in [0.3, 0.4) is 0 Å². The zero-order valence-corrected chi connectivity index (χ0v) is 16.5. The first-order valence-electron chi connectivity index (χ1n) is 9.44. The van der Waals surface area contributed by atoms with Gasteiger partial charge in [0.2, 0.25) is 0 Å². The average Bonchev–Trinajstić information content (AvgIpc) is 2.77. The molecule has 0 radical (unpaired) electrons. The van der Waals surface area contributed by atoms with Gasteiger partial charge in [0.15, 0.2) is 17.1 Å². The lowest BCUT2D eigenvalue weighted by Gasteiger charge is -2.24. The maximum Gasteiger partial charge on any atom is 0.418 e. The fraction of sp³-hybridized carbons (Fsp3) is 0.136. The van der Waals surface area contributed by atoms with Crippen LogP contribution in [0.15, 0.2) is 48.7 Å². The molecule has 5 rings (SSSR count). The van der Waals surface area contributed by atoms with E-state index in [2.05, 4.69) is 20.3 Å². The number of halogens is 4. The van der Waals surface area contributed by atoms with Crippen LogP contribution in [0.2, 0.25) is 0 Å². The third-order valence-electron chi connectivity index (χ3n) is 4.93. The molecule has 0 saturated carbocycles. The molecule has 6 nitrogen and oxygen atoms in total. The molecular weight excluding hydrogens is 428 g/mol. The van der Waals surface area contributed by atoms with Crippen molar-refractivity contribution in [2.24, 2.45) is 0 Å². The second-order valence-corrected chi connectivity index (χ2v) is 7.03. The lowest BCUT2D eigenvalue weighted by molar-refractivity contribution is -0.137. The van der Waals surface area contributed by atoms with Crippen LogP contribution in [0, 0.1) is 5.82 Å². The molecule has 0 spiro atoms. The Morgan fingerprint density at radius 1 is 1.09 bits per heavy atom. The zero-order valence-electron chi connectivity index (χ0n) is 16.5. The SMILES string of the molecule is COCc1nc2nc(-c3ncccc3C(F)(F)F)ccc2c2c1Oc1cc(F)ccc1N2. The molecular formula is C22H14F4N4O2. The molecule has 162 valence electrons. The van der Waals surface area contributed by atoms with Gasteiger partial charge in [-0.1, -0.05) is 0 Å². The molecule has 0 unspecified atom stereocenters. The number of nitrogens with zero attached hydrogens (tertiary/aromatic N) is 3. The Labute approximate surface area is 178 Å². The standard InChI is InChI=1S/C22H14F4N4O2/c1-31-10-16-20-18(28-14-6-4-11(23)9-17(14)32-20)12-5-7-15(29-21(12)30-16)19-13(22(24,25)26)3-2-8-27-19/h2-9,28H,10H2,1H3. The number of nitrogens with one attached hydrogen (secondary N) is 1. The lowest BCUT2D eigenvalue weighted by Crippen LogP contribution is -2.10. The van der Waals surface area contributed by atoms with Gasteiger partial charge in [-0.3, -0.25) is 4.98 Å². The molecule has 0 saturated heterocycles. The van der Waals surface area contributed by atoms with Crippen LogP contribution in [0.5, 0.6) is 11.5 Å². The number of alkyl halides is 3. The van der Waals surface area contributed by atoms with Gasteiger partial charge < -0.3 is 14.8 Å². The summed E-state index contributed by atoms with van der Waals surface area (Å²) in [7, 11) is 1.47. The van der Waals surface area contributed by atoms with Crippen molar-refractivity contribution in [1.82, 2.24) is 15.0 Å². The fourth-order valence-corrected chi connectivity index (χ4v) is 3.54. The Morgan fingerprint density at radius 3 is 2.72 bits per heavy atom. The highest BCUT2D eigenvalue weighted by molar-refractivity contribution is 5.98. The van der Waals surface area contributed by atoms with Gasteiger partial charge in [-0.05, 0) is 36.4 Å². The summed E-state index contributed by atoms with van der Waals surface area (Å²) < 4.78 is 65.1. The first kappa shape index (κ1) is 20.1. The number of anilines is 2. The molecule has 0 atom stereocenters. The van der Waals surface area contributed by atoms with Crippen molar-refractivity contribution in [3.05, 3.63) is 65.7 Å². The van der Waals surface area contributed by atoms with E-state index in [4.69, 9.17) is 9.47 Å². The van der Waals surface area contributed by atoms with Crippen molar-refractivity contribution in [1.29, 1.82) is 0 Å². The smallest absolute Gasteiger partial charge is 0.418 e. The maximum atomic E-state index is 13.7. The number of benzene rings is 1. The van der Waals surface area contributed by atoms with E-state index in [1.165, 1.54) is 43.6 Å². The van der Waals surface area contributed by atoms with Crippen LogP contribution < -0.4 is 10.1 Å². The van der Waals surface area contributed by atoms with E-state index in [1.807, 2.05) is 0 Å². The molecule has 0 aliphatic carbocycles. The van der Waals surface area contributed by atoms with Crippen molar-refractivity contribution in [2.75, 3.05) is 12.4 Å². The number of rotatable bonds is 3. The molecule has 1 aliphatic rings. The predicted molar refractivity (Wildman–Crippen MR) is 108 cm³/mol. The summed E-state index contributed by atoms with van der Waals surface area (Å²) in [6.45, 7) is 0.0495. The summed E-state index contributed by atoms with van der Waals surface area (Å²) in [4.78, 5) is 12.7. The molecule has 1 aromatic carbocycles. The van der Waals surface area contributed by atoms with Crippen molar-refractivity contribution in [3.8, 4) is 22.9 Å². The molecule has 3 aromatic heterocycles. The van der Waals surface area contributed by atoms with E-state index >= 15 is 0 Å². The predicted octanol–water partition coefficient (Wildman–Crippen LogP) is 5.85. The summed E-state index contributed by atoms with van der Waals surface area (Å²) in [5.74, 6) is 0.155. The van der Waals surface area contributed by atoms with E-state index in [0.717, 1.165) is 6.07 Å². The van der Waals surface area contributed by atoms with Crippen LogP contribution in [0.1, 0.15) is 11.3 Å². The van der Waals surface area contributed by atoms with E-state index < -0.39 is 17.6 Å². The van der Waals surface area contributed by atoms with E-state index in [1.54, 1.807) is 6.07 Å². The third-order valence-corrected chi connectivity index (χ3v) is 4.93. The summed E-state index contributed by atoms with van der Waals surface area (Å²) in [5.41, 5.74) is 0.438. The molecule has 4 aromatic rings. The summed E-state index contributed by atoms with van der Waals surface area (Å²) >= 11 is 0. The fourth-order valence-electron chi connectivity index (χ4n) is 3.54. The summed E-state index contributed by atoms with van der Waals surface area (Å²) in [6.07, 6.45) is -3.31. The number of methoxy groups -OCH3 is 1. The number of aromatic nitrogens is 3. The van der Waals surface area contributed by atoms with Gasteiger partial charge in [-0.2, -0.15) is 13.2 Å². The van der Waals surface area contributed by atoms with Gasteiger partial charge in [-0.25, -0.2) is 14.4 Å². The van der Waals surface area contributed by atoms with Gasteiger partial charge in [0.05, 0.1) is 29.2 Å². The first-order chi connectivity index (χ1) is 15.3. The largest absolute Gasteiger partial charge is 0.451 e. The summed E-state index contributed by atoms with van der Waals surface area (Å²) in [5, 5.41) is 3.70.